The van der Waals surface area contributed by atoms with Crippen LogP contribution in [0.3, 0.4) is 0 Å². The third kappa shape index (κ3) is 8.33. The number of hydrogen-bond donors (Lipinski definition) is 2. The van der Waals surface area contributed by atoms with Crippen LogP contribution in [0.5, 0.6) is 0 Å². The van der Waals surface area contributed by atoms with E-state index in [-0.39, 0.29) is 29.4 Å². The topological polar surface area (TPSA) is 92.7 Å². The van der Waals surface area contributed by atoms with E-state index in [1.54, 1.807) is 0 Å². The average molecular weight is 552 g/mol. The molecule has 3 aromatic rings. The van der Waals surface area contributed by atoms with Gasteiger partial charge in [0.2, 0.25) is 10.0 Å². The summed E-state index contributed by atoms with van der Waals surface area (Å²) in [5, 5.41) is 8.83. The van der Waals surface area contributed by atoms with Crippen molar-refractivity contribution >= 4 is 16.0 Å². The molecule has 0 radical (unpaired) electrons. The molecule has 8 heteroatoms. The number of carboxylic acid groups (broad SMARTS) is 1. The van der Waals surface area contributed by atoms with Crippen molar-refractivity contribution in [3.05, 3.63) is 102 Å². The number of benzene rings is 3. The molecular weight excluding hydrogens is 517 g/mol. The highest BCUT2D eigenvalue weighted by molar-refractivity contribution is 7.89. The number of sulfonamides is 1. The fourth-order valence-electron chi connectivity index (χ4n) is 4.95. The predicted molar refractivity (Wildman–Crippen MR) is 149 cm³/mol. The van der Waals surface area contributed by atoms with Crippen molar-refractivity contribution in [2.24, 2.45) is 5.92 Å². The lowest BCUT2D eigenvalue weighted by Crippen LogP contribution is -2.39. The van der Waals surface area contributed by atoms with Gasteiger partial charge in [-0.25, -0.2) is 17.5 Å². The molecular formula is C31H34FNO5S. The summed E-state index contributed by atoms with van der Waals surface area (Å²) in [5.41, 5.74) is 3.31. The van der Waals surface area contributed by atoms with Gasteiger partial charge in [0.25, 0.3) is 0 Å². The Kier molecular flexibility index (Phi) is 10.0. The summed E-state index contributed by atoms with van der Waals surface area (Å²) < 4.78 is 48.5. The zero-order valence-corrected chi connectivity index (χ0v) is 22.5. The highest BCUT2D eigenvalue weighted by Gasteiger charge is 2.38. The van der Waals surface area contributed by atoms with Crippen molar-refractivity contribution in [1.29, 1.82) is 0 Å². The number of allylic oxidation sites excluding steroid dienone is 2. The van der Waals surface area contributed by atoms with E-state index in [0.717, 1.165) is 28.8 Å². The standard InChI is InChI=1S/C31H34FNO5S/c32-26-16-18-27(19-17-26)39(36,37)33-29-20-21-30(28(29)10-6-1-2-7-11-31(34)35)38-22-23-12-14-25(15-13-23)24-8-4-3-5-9-24/h1,3-6,8-9,12-19,28-30,33H,2,7,10-11,20-22H2,(H,34,35)/t28-,29+,30+/m1/s1. The largest absolute Gasteiger partial charge is 0.481 e. The van der Waals surface area contributed by atoms with Crippen molar-refractivity contribution in [3.8, 4) is 11.1 Å². The number of carbonyl (C=O) groups is 1. The van der Waals surface area contributed by atoms with Crippen molar-refractivity contribution in [3.63, 3.8) is 0 Å². The van der Waals surface area contributed by atoms with Gasteiger partial charge in [-0.3, -0.25) is 4.79 Å². The number of carboxylic acids is 1. The lowest BCUT2D eigenvalue weighted by atomic mass is 9.97. The van der Waals surface area contributed by atoms with Crippen molar-refractivity contribution in [2.45, 2.75) is 62.2 Å². The molecule has 0 bridgehead atoms. The molecule has 39 heavy (non-hydrogen) atoms. The van der Waals surface area contributed by atoms with Crippen LogP contribution >= 0.6 is 0 Å². The Labute approximate surface area is 229 Å². The van der Waals surface area contributed by atoms with Gasteiger partial charge in [-0.1, -0.05) is 66.7 Å². The zero-order valence-electron chi connectivity index (χ0n) is 21.7. The minimum Gasteiger partial charge on any atom is -0.481 e. The molecule has 1 saturated carbocycles. The second-order valence-electron chi connectivity index (χ2n) is 9.83. The first-order chi connectivity index (χ1) is 18.8. The minimum atomic E-state index is -3.83. The monoisotopic (exact) mass is 551 g/mol. The van der Waals surface area contributed by atoms with Gasteiger partial charge < -0.3 is 9.84 Å². The van der Waals surface area contributed by atoms with Crippen LogP contribution in [-0.2, 0) is 26.2 Å². The molecule has 1 aliphatic rings. The van der Waals surface area contributed by atoms with Crippen LogP contribution in [0.4, 0.5) is 4.39 Å². The third-order valence-corrected chi connectivity index (χ3v) is 8.55. The first kappa shape index (κ1) is 28.7. The van der Waals surface area contributed by atoms with E-state index in [1.165, 1.54) is 12.1 Å². The number of rotatable bonds is 13. The highest BCUT2D eigenvalue weighted by atomic mass is 32.2. The summed E-state index contributed by atoms with van der Waals surface area (Å²) in [6, 6.07) is 22.8. The van der Waals surface area contributed by atoms with Gasteiger partial charge in [-0.2, -0.15) is 0 Å². The number of unbranched alkanes of at least 4 members (excludes halogenated alkanes) is 1. The van der Waals surface area contributed by atoms with E-state index >= 15 is 0 Å². The van der Waals surface area contributed by atoms with Crippen LogP contribution in [0, 0.1) is 11.7 Å². The molecule has 0 aromatic heterocycles. The second kappa shape index (κ2) is 13.6. The lowest BCUT2D eigenvalue weighted by Gasteiger charge is -2.25. The van der Waals surface area contributed by atoms with E-state index in [9.17, 15) is 17.6 Å². The normalized spacial score (nSPS) is 19.5. The summed E-state index contributed by atoms with van der Waals surface area (Å²) in [4.78, 5) is 10.8. The van der Waals surface area contributed by atoms with Gasteiger partial charge in [-0.05, 0) is 73.1 Å². The van der Waals surface area contributed by atoms with Gasteiger partial charge in [0, 0.05) is 18.4 Å². The van der Waals surface area contributed by atoms with Crippen LogP contribution in [0.15, 0.2) is 95.9 Å². The van der Waals surface area contributed by atoms with E-state index in [1.807, 2.05) is 42.5 Å². The molecule has 1 aliphatic carbocycles. The smallest absolute Gasteiger partial charge is 0.303 e. The molecule has 4 rings (SSSR count). The van der Waals surface area contributed by atoms with E-state index in [0.29, 0.717) is 38.7 Å². The van der Waals surface area contributed by atoms with Gasteiger partial charge in [0.1, 0.15) is 5.82 Å². The quantitative estimate of drug-likeness (QED) is 0.191. The number of aliphatic carboxylic acids is 1. The Bertz CT molecular complexity index is 1340. The molecule has 206 valence electrons. The van der Waals surface area contributed by atoms with Crippen LogP contribution in [0.25, 0.3) is 11.1 Å². The summed E-state index contributed by atoms with van der Waals surface area (Å²) in [6.45, 7) is 0.413. The van der Waals surface area contributed by atoms with Gasteiger partial charge >= 0.3 is 5.97 Å². The van der Waals surface area contributed by atoms with Gasteiger partial charge in [0.05, 0.1) is 17.6 Å². The van der Waals surface area contributed by atoms with Gasteiger partial charge in [-0.15, -0.1) is 0 Å². The summed E-state index contributed by atoms with van der Waals surface area (Å²) in [7, 11) is -3.83. The Morgan fingerprint density at radius 3 is 2.33 bits per heavy atom. The molecule has 2 N–H and O–H groups in total. The second-order valence-corrected chi connectivity index (χ2v) is 11.5. The molecule has 0 unspecified atom stereocenters. The lowest BCUT2D eigenvalue weighted by molar-refractivity contribution is -0.137. The molecule has 0 amide bonds. The Morgan fingerprint density at radius 1 is 0.949 bits per heavy atom. The molecule has 0 heterocycles. The SMILES string of the molecule is O=C(O)CCCC=CC[C@@H]1[C@@H](NS(=O)(=O)c2ccc(F)cc2)CC[C@@H]1OCc1ccc(-c2ccccc2)cc1. The van der Waals surface area contributed by atoms with Crippen molar-refractivity contribution < 1.29 is 27.4 Å². The van der Waals surface area contributed by atoms with Crippen molar-refractivity contribution in [1.82, 2.24) is 4.72 Å². The summed E-state index contributed by atoms with van der Waals surface area (Å²) in [6.07, 6.45) is 7.02. The molecule has 0 spiro atoms. The Hall–Kier alpha value is -3.33. The van der Waals surface area contributed by atoms with E-state index in [2.05, 4.69) is 29.0 Å². The first-order valence-corrected chi connectivity index (χ1v) is 14.7. The van der Waals surface area contributed by atoms with E-state index in [4.69, 9.17) is 9.84 Å². The number of halogens is 1. The van der Waals surface area contributed by atoms with Crippen LogP contribution < -0.4 is 4.72 Å². The predicted octanol–water partition coefficient (Wildman–Crippen LogP) is 6.34. The maximum Gasteiger partial charge on any atom is 0.303 e. The fraction of sp³-hybridized carbons (Fsp3) is 0.323. The van der Waals surface area contributed by atoms with E-state index < -0.39 is 21.8 Å². The third-order valence-electron chi connectivity index (χ3n) is 7.05. The Morgan fingerprint density at radius 2 is 1.64 bits per heavy atom. The van der Waals surface area contributed by atoms with Gasteiger partial charge in [0.15, 0.2) is 0 Å². The minimum absolute atomic E-state index is 0.0229. The first-order valence-electron chi connectivity index (χ1n) is 13.2. The number of hydrogen-bond acceptors (Lipinski definition) is 4. The molecule has 0 saturated heterocycles. The summed E-state index contributed by atoms with van der Waals surface area (Å²) >= 11 is 0. The number of ether oxygens (including phenoxy) is 1. The highest BCUT2D eigenvalue weighted by Crippen LogP contribution is 2.34. The fourth-order valence-corrected chi connectivity index (χ4v) is 6.27. The number of nitrogens with one attached hydrogen (secondary N) is 1. The zero-order chi connectivity index (χ0) is 27.7. The molecule has 1 fully saturated rings. The maximum atomic E-state index is 13.3. The molecule has 3 aromatic carbocycles. The molecule has 0 aliphatic heterocycles. The Balaban J connectivity index is 1.41. The van der Waals surface area contributed by atoms with Crippen LogP contribution in [-0.4, -0.2) is 31.6 Å². The summed E-state index contributed by atoms with van der Waals surface area (Å²) in [5.74, 6) is -1.41. The van der Waals surface area contributed by atoms with Crippen LogP contribution in [0.2, 0.25) is 0 Å². The molecule has 6 nitrogen and oxygen atoms in total. The van der Waals surface area contributed by atoms with Crippen molar-refractivity contribution in [2.75, 3.05) is 0 Å². The average Bonchev–Trinajstić information content (AvgIpc) is 3.30. The van der Waals surface area contributed by atoms with Crippen LogP contribution in [0.1, 0.15) is 44.1 Å². The maximum absolute atomic E-state index is 13.3. The molecule has 3 atom stereocenters.